The zero-order valence-electron chi connectivity index (χ0n) is 13.6. The van der Waals surface area contributed by atoms with Crippen molar-refractivity contribution in [2.75, 3.05) is 11.9 Å². The molecule has 3 amide bonds. The van der Waals surface area contributed by atoms with E-state index in [2.05, 4.69) is 16.0 Å². The van der Waals surface area contributed by atoms with Crippen LogP contribution in [-0.2, 0) is 0 Å². The van der Waals surface area contributed by atoms with Gasteiger partial charge in [0.15, 0.2) is 0 Å². The highest BCUT2D eigenvalue weighted by atomic mass is 16.3. The van der Waals surface area contributed by atoms with Crippen molar-refractivity contribution in [1.82, 2.24) is 10.6 Å². The van der Waals surface area contributed by atoms with Crippen LogP contribution in [-0.4, -0.2) is 35.2 Å². The third kappa shape index (κ3) is 6.13. The molecule has 0 radical (unpaired) electrons. The van der Waals surface area contributed by atoms with Crippen molar-refractivity contribution >= 4 is 17.6 Å². The molecule has 0 unspecified atom stereocenters. The summed E-state index contributed by atoms with van der Waals surface area (Å²) in [6, 6.07) is 5.98. The normalized spacial score (nSPS) is 12.4. The fourth-order valence-electron chi connectivity index (χ4n) is 1.75. The van der Waals surface area contributed by atoms with E-state index in [1.165, 1.54) is 0 Å². The molecule has 1 aromatic carbocycles. The Labute approximate surface area is 131 Å². The van der Waals surface area contributed by atoms with E-state index >= 15 is 0 Å². The summed E-state index contributed by atoms with van der Waals surface area (Å²) in [4.78, 5) is 23.7. The van der Waals surface area contributed by atoms with Crippen LogP contribution in [0, 0.1) is 0 Å². The van der Waals surface area contributed by atoms with E-state index in [9.17, 15) is 9.59 Å². The highest BCUT2D eigenvalue weighted by Crippen LogP contribution is 2.11. The van der Waals surface area contributed by atoms with Crippen LogP contribution in [0.2, 0.25) is 0 Å². The van der Waals surface area contributed by atoms with Gasteiger partial charge in [0.1, 0.15) is 0 Å². The lowest BCUT2D eigenvalue weighted by Gasteiger charge is -2.20. The fourth-order valence-corrected chi connectivity index (χ4v) is 1.75. The number of hydrogen-bond acceptors (Lipinski definition) is 3. The summed E-state index contributed by atoms with van der Waals surface area (Å²) in [7, 11) is 0. The van der Waals surface area contributed by atoms with Gasteiger partial charge in [0.2, 0.25) is 0 Å². The molecule has 122 valence electrons. The first kappa shape index (κ1) is 18.0. The van der Waals surface area contributed by atoms with E-state index in [0.29, 0.717) is 17.7 Å². The van der Waals surface area contributed by atoms with Gasteiger partial charge in [0.05, 0.1) is 12.6 Å². The van der Waals surface area contributed by atoms with Crippen molar-refractivity contribution in [3.05, 3.63) is 29.8 Å². The summed E-state index contributed by atoms with van der Waals surface area (Å²) in [5, 5.41) is 17.2. The number of carbonyl (C=O) groups is 2. The zero-order valence-corrected chi connectivity index (χ0v) is 13.6. The summed E-state index contributed by atoms with van der Waals surface area (Å²) in [6.07, 6.45) is 0.649. The molecule has 0 fully saturated rings. The first-order valence-electron chi connectivity index (χ1n) is 7.36. The van der Waals surface area contributed by atoms with Crippen LogP contribution >= 0.6 is 0 Å². The third-order valence-electron chi connectivity index (χ3n) is 2.94. The number of urea groups is 1. The van der Waals surface area contributed by atoms with Crippen LogP contribution in [0.4, 0.5) is 10.5 Å². The second-order valence-corrected chi connectivity index (χ2v) is 6.17. The molecule has 0 spiro atoms. The number of rotatable bonds is 5. The molecule has 0 heterocycles. The molecule has 0 aliphatic rings. The van der Waals surface area contributed by atoms with E-state index in [1.54, 1.807) is 24.3 Å². The monoisotopic (exact) mass is 307 g/mol. The highest BCUT2D eigenvalue weighted by molar-refractivity contribution is 5.95. The number of anilines is 1. The van der Waals surface area contributed by atoms with Crippen molar-refractivity contribution < 1.29 is 14.7 Å². The quantitative estimate of drug-likeness (QED) is 0.671. The Morgan fingerprint density at radius 1 is 1.18 bits per heavy atom. The smallest absolute Gasteiger partial charge is 0.319 e. The van der Waals surface area contributed by atoms with Gasteiger partial charge in [-0.05, 0) is 51.5 Å². The van der Waals surface area contributed by atoms with Crippen molar-refractivity contribution in [2.45, 2.75) is 45.7 Å². The molecule has 6 nitrogen and oxygen atoms in total. The maximum Gasteiger partial charge on any atom is 0.319 e. The second-order valence-electron chi connectivity index (χ2n) is 6.17. The lowest BCUT2D eigenvalue weighted by atomic mass is 10.1. The van der Waals surface area contributed by atoms with Crippen molar-refractivity contribution in [2.24, 2.45) is 0 Å². The molecule has 0 saturated carbocycles. The minimum absolute atomic E-state index is 0.101. The average molecular weight is 307 g/mol. The van der Waals surface area contributed by atoms with E-state index in [0.717, 1.165) is 0 Å². The highest BCUT2D eigenvalue weighted by Gasteiger charge is 2.15. The standard InChI is InChI=1S/C16H25N3O3/c1-5-12(10-20)17-15(22)18-13-8-6-11(7-9-13)14(21)19-16(2,3)4/h6-9,12,20H,5,10H2,1-4H3,(H,19,21)(H2,17,18,22)/t12-/m0/s1. The topological polar surface area (TPSA) is 90.5 Å². The third-order valence-corrected chi connectivity index (χ3v) is 2.94. The summed E-state index contributed by atoms with van der Waals surface area (Å²) in [5.41, 5.74) is 0.813. The minimum Gasteiger partial charge on any atom is -0.394 e. The lowest BCUT2D eigenvalue weighted by molar-refractivity contribution is 0.0919. The minimum atomic E-state index is -0.382. The Hall–Kier alpha value is -2.08. The molecule has 22 heavy (non-hydrogen) atoms. The molecule has 4 N–H and O–H groups in total. The molecule has 0 aromatic heterocycles. The van der Waals surface area contributed by atoms with Crippen LogP contribution in [0.15, 0.2) is 24.3 Å². The second kappa shape index (κ2) is 7.79. The van der Waals surface area contributed by atoms with Crippen LogP contribution in [0.1, 0.15) is 44.5 Å². The van der Waals surface area contributed by atoms with Crippen LogP contribution in [0.25, 0.3) is 0 Å². The molecule has 1 aromatic rings. The SMILES string of the molecule is CC[C@@H](CO)NC(=O)Nc1ccc(C(=O)NC(C)(C)C)cc1. The van der Waals surface area contributed by atoms with Gasteiger partial charge in [-0.3, -0.25) is 4.79 Å². The maximum atomic E-state index is 12.0. The van der Waals surface area contributed by atoms with E-state index < -0.39 is 0 Å². The fraction of sp³-hybridized carbons (Fsp3) is 0.500. The van der Waals surface area contributed by atoms with Gasteiger partial charge >= 0.3 is 6.03 Å². The van der Waals surface area contributed by atoms with Gasteiger partial charge in [0.25, 0.3) is 5.91 Å². The van der Waals surface area contributed by atoms with Gasteiger partial charge in [-0.25, -0.2) is 4.79 Å². The van der Waals surface area contributed by atoms with Crippen molar-refractivity contribution in [3.8, 4) is 0 Å². The molecule has 6 heteroatoms. The molecule has 1 rings (SSSR count). The number of carbonyl (C=O) groups excluding carboxylic acids is 2. The maximum absolute atomic E-state index is 12.0. The first-order chi connectivity index (χ1) is 10.2. The van der Waals surface area contributed by atoms with E-state index in [4.69, 9.17) is 5.11 Å². The van der Waals surface area contributed by atoms with Crippen molar-refractivity contribution in [1.29, 1.82) is 0 Å². The van der Waals surface area contributed by atoms with E-state index in [-0.39, 0.29) is 30.1 Å². The molecular formula is C16H25N3O3. The lowest BCUT2D eigenvalue weighted by Crippen LogP contribution is -2.40. The number of aliphatic hydroxyl groups is 1. The van der Waals surface area contributed by atoms with Crippen molar-refractivity contribution in [3.63, 3.8) is 0 Å². The number of amides is 3. The van der Waals surface area contributed by atoms with Gasteiger partial charge in [-0.15, -0.1) is 0 Å². The Bertz CT molecular complexity index is 502. The van der Waals surface area contributed by atoms with Crippen LogP contribution < -0.4 is 16.0 Å². The van der Waals surface area contributed by atoms with Gasteiger partial charge in [0, 0.05) is 16.8 Å². The Balaban J connectivity index is 2.62. The number of aliphatic hydroxyl groups excluding tert-OH is 1. The summed E-state index contributed by atoms with van der Waals surface area (Å²) >= 11 is 0. The molecule has 0 aliphatic heterocycles. The number of hydrogen-bond donors (Lipinski definition) is 4. The molecule has 0 bridgehead atoms. The largest absolute Gasteiger partial charge is 0.394 e. The first-order valence-corrected chi connectivity index (χ1v) is 7.36. The van der Waals surface area contributed by atoms with Gasteiger partial charge < -0.3 is 21.1 Å². The molecule has 0 saturated heterocycles. The van der Waals surface area contributed by atoms with E-state index in [1.807, 2.05) is 27.7 Å². The number of nitrogens with one attached hydrogen (secondary N) is 3. The average Bonchev–Trinajstić information content (AvgIpc) is 2.43. The molecule has 0 aliphatic carbocycles. The predicted octanol–water partition coefficient (Wildman–Crippen LogP) is 2.11. The summed E-state index contributed by atoms with van der Waals surface area (Å²) in [6.45, 7) is 7.52. The van der Waals surface area contributed by atoms with Crippen LogP contribution in [0.5, 0.6) is 0 Å². The zero-order chi connectivity index (χ0) is 16.8. The Morgan fingerprint density at radius 2 is 1.77 bits per heavy atom. The van der Waals surface area contributed by atoms with Crippen LogP contribution in [0.3, 0.4) is 0 Å². The summed E-state index contributed by atoms with van der Waals surface area (Å²) in [5.74, 6) is -0.158. The number of benzene rings is 1. The van der Waals surface area contributed by atoms with Gasteiger partial charge in [-0.2, -0.15) is 0 Å². The molecular weight excluding hydrogens is 282 g/mol. The van der Waals surface area contributed by atoms with Gasteiger partial charge in [-0.1, -0.05) is 6.92 Å². The predicted molar refractivity (Wildman–Crippen MR) is 87.0 cm³/mol. The Kier molecular flexibility index (Phi) is 6.37. The summed E-state index contributed by atoms with van der Waals surface area (Å²) < 4.78 is 0. The molecule has 1 atom stereocenters. The Morgan fingerprint density at radius 3 is 2.23 bits per heavy atom.